The van der Waals surface area contributed by atoms with Gasteiger partial charge in [0.1, 0.15) is 11.0 Å². The van der Waals surface area contributed by atoms with Crippen molar-refractivity contribution in [1.82, 2.24) is 15.1 Å². The number of nitrogens with zero attached hydrogens (tertiary/aromatic N) is 3. The maximum atomic E-state index is 6.00. The number of hydrogen-bond acceptors (Lipinski definition) is 5. The van der Waals surface area contributed by atoms with Gasteiger partial charge in [-0.15, -0.1) is 5.10 Å². The van der Waals surface area contributed by atoms with Crippen LogP contribution in [0.4, 0.5) is 0 Å². The second kappa shape index (κ2) is 3.71. The van der Waals surface area contributed by atoms with E-state index in [1.54, 1.807) is 0 Å². The Bertz CT molecular complexity index is 622. The van der Waals surface area contributed by atoms with Crippen LogP contribution in [0.5, 0.6) is 0 Å². The molecule has 0 saturated carbocycles. The molecule has 3 rings (SSSR count). The number of fused-ring (bicyclic) bond motifs is 1. The first-order valence-corrected chi connectivity index (χ1v) is 6.26. The van der Waals surface area contributed by atoms with E-state index < -0.39 is 7.12 Å². The summed E-state index contributed by atoms with van der Waals surface area (Å²) in [7, 11) is -0.399. The van der Waals surface area contributed by atoms with Crippen LogP contribution in [0.2, 0.25) is 0 Å². The van der Waals surface area contributed by atoms with Crippen molar-refractivity contribution in [3.05, 3.63) is 18.2 Å². The number of hydrogen-bond donors (Lipinski definition) is 1. The molecule has 0 unspecified atom stereocenters. The summed E-state index contributed by atoms with van der Waals surface area (Å²) in [5.41, 5.74) is 1.72. The molecule has 0 bridgehead atoms. The van der Waals surface area contributed by atoms with Gasteiger partial charge in [0, 0.05) is 0 Å². The van der Waals surface area contributed by atoms with Gasteiger partial charge >= 0.3 is 7.12 Å². The standard InChI is InChI=1S/C12H17BN4O2/c1-11(2)12(3,4)19-13(18-11)8-5-6-9-10(7-8)17(14)16-15-9/h5-7H,14H2,1-4H3. The molecule has 0 radical (unpaired) electrons. The van der Waals surface area contributed by atoms with Crippen molar-refractivity contribution < 1.29 is 9.31 Å². The monoisotopic (exact) mass is 260 g/mol. The third-order valence-corrected chi connectivity index (χ3v) is 4.02. The predicted octanol–water partition coefficient (Wildman–Crippen LogP) is 0.444. The summed E-state index contributed by atoms with van der Waals surface area (Å²) in [6.07, 6.45) is 0. The van der Waals surface area contributed by atoms with E-state index in [1.807, 2.05) is 45.9 Å². The topological polar surface area (TPSA) is 75.2 Å². The van der Waals surface area contributed by atoms with E-state index in [-0.39, 0.29) is 11.2 Å². The van der Waals surface area contributed by atoms with E-state index in [9.17, 15) is 0 Å². The Balaban J connectivity index is 2.00. The maximum absolute atomic E-state index is 6.00. The van der Waals surface area contributed by atoms with Crippen LogP contribution in [0, 0.1) is 0 Å². The average Bonchev–Trinajstić information content (AvgIpc) is 2.78. The molecule has 1 aromatic heterocycles. The summed E-state index contributed by atoms with van der Waals surface area (Å²) >= 11 is 0. The average molecular weight is 260 g/mol. The van der Waals surface area contributed by atoms with E-state index in [0.29, 0.717) is 0 Å². The molecule has 0 spiro atoms. The Morgan fingerprint density at radius 2 is 1.79 bits per heavy atom. The fraction of sp³-hybridized carbons (Fsp3) is 0.500. The van der Waals surface area contributed by atoms with E-state index in [4.69, 9.17) is 15.2 Å². The molecule has 1 aliphatic rings. The molecule has 1 fully saturated rings. The molecule has 6 nitrogen and oxygen atoms in total. The highest BCUT2D eigenvalue weighted by atomic mass is 16.7. The largest absolute Gasteiger partial charge is 0.494 e. The number of nitrogen functional groups attached to an aromatic ring is 1. The lowest BCUT2D eigenvalue weighted by atomic mass is 9.79. The van der Waals surface area contributed by atoms with Crippen LogP contribution in [0.15, 0.2) is 18.2 Å². The van der Waals surface area contributed by atoms with Gasteiger partial charge in [0.2, 0.25) is 0 Å². The fourth-order valence-electron chi connectivity index (χ4n) is 2.08. The normalized spacial score (nSPS) is 21.2. The lowest BCUT2D eigenvalue weighted by Gasteiger charge is -2.32. The van der Waals surface area contributed by atoms with Crippen molar-refractivity contribution in [2.24, 2.45) is 0 Å². The molecule has 2 aromatic rings. The van der Waals surface area contributed by atoms with Gasteiger partial charge < -0.3 is 15.2 Å². The van der Waals surface area contributed by atoms with Gasteiger partial charge in [-0.1, -0.05) is 6.07 Å². The Hall–Kier alpha value is -1.60. The Labute approximate surface area is 112 Å². The second-order valence-corrected chi connectivity index (χ2v) is 5.87. The first-order valence-electron chi connectivity index (χ1n) is 6.26. The zero-order valence-corrected chi connectivity index (χ0v) is 11.5. The molecule has 1 saturated heterocycles. The number of benzene rings is 1. The molecule has 1 aliphatic heterocycles. The lowest BCUT2D eigenvalue weighted by molar-refractivity contribution is 0.00578. The molecule has 2 N–H and O–H groups in total. The van der Waals surface area contributed by atoms with Crippen molar-refractivity contribution >= 4 is 23.6 Å². The third kappa shape index (κ3) is 1.81. The van der Waals surface area contributed by atoms with Gasteiger partial charge in [-0.25, -0.2) is 0 Å². The molecule has 0 aliphatic carbocycles. The van der Waals surface area contributed by atoms with Crippen molar-refractivity contribution in [3.8, 4) is 0 Å². The molecular weight excluding hydrogens is 243 g/mol. The molecule has 19 heavy (non-hydrogen) atoms. The summed E-state index contributed by atoms with van der Waals surface area (Å²) in [6, 6.07) is 5.70. The van der Waals surface area contributed by atoms with Crippen LogP contribution in [0.3, 0.4) is 0 Å². The fourth-order valence-corrected chi connectivity index (χ4v) is 2.08. The molecule has 1 aromatic carbocycles. The number of nitrogens with two attached hydrogens (primary N) is 1. The minimum absolute atomic E-state index is 0.353. The minimum Gasteiger partial charge on any atom is -0.399 e. The lowest BCUT2D eigenvalue weighted by Crippen LogP contribution is -2.41. The SMILES string of the molecule is CC1(C)OB(c2ccc3nnn(N)c3c2)OC1(C)C. The van der Waals surface area contributed by atoms with E-state index in [0.717, 1.165) is 16.5 Å². The zero-order valence-electron chi connectivity index (χ0n) is 11.5. The summed E-state index contributed by atoms with van der Waals surface area (Å²) in [5.74, 6) is 5.71. The van der Waals surface area contributed by atoms with Crippen molar-refractivity contribution in [2.75, 3.05) is 5.84 Å². The van der Waals surface area contributed by atoms with Gasteiger partial charge in [0.05, 0.1) is 11.2 Å². The van der Waals surface area contributed by atoms with Gasteiger partial charge in [-0.3, -0.25) is 0 Å². The van der Waals surface area contributed by atoms with Gasteiger partial charge in [0.15, 0.2) is 0 Å². The molecular formula is C12H17BN4O2. The van der Waals surface area contributed by atoms with Crippen LogP contribution >= 0.6 is 0 Å². The van der Waals surface area contributed by atoms with Gasteiger partial charge in [0.25, 0.3) is 0 Å². The summed E-state index contributed by atoms with van der Waals surface area (Å²) in [4.78, 5) is 1.25. The van der Waals surface area contributed by atoms with Crippen LogP contribution in [0.25, 0.3) is 11.0 Å². The van der Waals surface area contributed by atoms with E-state index >= 15 is 0 Å². The first-order chi connectivity index (χ1) is 8.80. The Morgan fingerprint density at radius 3 is 2.42 bits per heavy atom. The van der Waals surface area contributed by atoms with Crippen LogP contribution in [-0.4, -0.2) is 33.4 Å². The summed E-state index contributed by atoms with van der Waals surface area (Å²) < 4.78 is 12.0. The Morgan fingerprint density at radius 1 is 1.16 bits per heavy atom. The first kappa shape index (κ1) is 12.4. The highest BCUT2D eigenvalue weighted by molar-refractivity contribution is 6.62. The summed E-state index contributed by atoms with van der Waals surface area (Å²) in [6.45, 7) is 8.11. The van der Waals surface area contributed by atoms with Gasteiger partial charge in [-0.2, -0.15) is 4.79 Å². The number of aromatic nitrogens is 3. The van der Waals surface area contributed by atoms with Gasteiger partial charge in [-0.05, 0) is 50.5 Å². The summed E-state index contributed by atoms with van der Waals surface area (Å²) in [5, 5.41) is 7.73. The molecule has 2 heterocycles. The molecule has 100 valence electrons. The maximum Gasteiger partial charge on any atom is 0.494 e. The highest BCUT2D eigenvalue weighted by Gasteiger charge is 2.51. The third-order valence-electron chi connectivity index (χ3n) is 4.02. The minimum atomic E-state index is -0.399. The van der Waals surface area contributed by atoms with Crippen LogP contribution in [-0.2, 0) is 9.31 Å². The quantitative estimate of drug-likeness (QED) is 0.595. The second-order valence-electron chi connectivity index (χ2n) is 5.87. The van der Waals surface area contributed by atoms with Crippen molar-refractivity contribution in [2.45, 2.75) is 38.9 Å². The Kier molecular flexibility index (Phi) is 2.43. The predicted molar refractivity (Wildman–Crippen MR) is 73.4 cm³/mol. The molecule has 0 atom stereocenters. The van der Waals surface area contributed by atoms with Crippen LogP contribution < -0.4 is 11.3 Å². The smallest absolute Gasteiger partial charge is 0.399 e. The van der Waals surface area contributed by atoms with Crippen LogP contribution in [0.1, 0.15) is 27.7 Å². The van der Waals surface area contributed by atoms with E-state index in [1.165, 1.54) is 4.79 Å². The molecule has 7 heteroatoms. The zero-order chi connectivity index (χ0) is 13.8. The highest BCUT2D eigenvalue weighted by Crippen LogP contribution is 2.36. The van der Waals surface area contributed by atoms with E-state index in [2.05, 4.69) is 10.3 Å². The van der Waals surface area contributed by atoms with Crippen molar-refractivity contribution in [1.29, 1.82) is 0 Å². The number of rotatable bonds is 1. The van der Waals surface area contributed by atoms with Crippen molar-refractivity contribution in [3.63, 3.8) is 0 Å². The molecule has 0 amide bonds.